The number of nitrogens with zero attached hydrogens (tertiary/aromatic N) is 7. The van der Waals surface area contributed by atoms with Crippen molar-refractivity contribution in [2.24, 2.45) is 5.11 Å². The fraction of sp³-hybridized carbons (Fsp3) is 0.343. The number of anilines is 1. The molecule has 1 atom stereocenters. The lowest BCUT2D eigenvalue weighted by Gasteiger charge is -2.43. The molecule has 250 valence electrons. The summed E-state index contributed by atoms with van der Waals surface area (Å²) in [5.41, 5.74) is 11.1. The number of hydrogen-bond acceptors (Lipinski definition) is 8. The predicted octanol–water partition coefficient (Wildman–Crippen LogP) is 7.75. The lowest BCUT2D eigenvalue weighted by molar-refractivity contribution is 0.273. The van der Waals surface area contributed by atoms with Gasteiger partial charge in [-0.1, -0.05) is 111 Å². The van der Waals surface area contributed by atoms with Gasteiger partial charge >= 0.3 is 0 Å². The molecule has 11 nitrogen and oxygen atoms in total. The Bertz CT molecular complexity index is 1830. The van der Waals surface area contributed by atoms with E-state index in [-0.39, 0.29) is 17.0 Å². The minimum absolute atomic E-state index is 0.00834. The molecule has 0 spiro atoms. The van der Waals surface area contributed by atoms with Crippen molar-refractivity contribution in [1.29, 1.82) is 0 Å². The molecule has 0 bridgehead atoms. The van der Waals surface area contributed by atoms with Crippen LogP contribution in [0.4, 0.5) is 11.8 Å². The molecule has 5 aromatic rings. The minimum atomic E-state index is -2.78. The van der Waals surface area contributed by atoms with E-state index in [0.29, 0.717) is 41.5 Å². The van der Waals surface area contributed by atoms with Gasteiger partial charge < -0.3 is 19.2 Å². The second-order valence-electron chi connectivity index (χ2n) is 12.5. The smallest absolute Gasteiger partial charge is 0.261 e. The van der Waals surface area contributed by atoms with E-state index in [4.69, 9.17) is 19.0 Å². The molecule has 0 amide bonds. The van der Waals surface area contributed by atoms with Crippen molar-refractivity contribution in [3.05, 3.63) is 99.5 Å². The van der Waals surface area contributed by atoms with Crippen LogP contribution in [-0.2, 0) is 11.0 Å². The minimum Gasteiger partial charge on any atom is -0.496 e. The number of aromatic nitrogens is 4. The molecular formula is C35H41BrN8O3Si. The molecule has 2 aromatic heterocycles. The summed E-state index contributed by atoms with van der Waals surface area (Å²) in [4.78, 5) is 12.0. The topological polar surface area (TPSA) is 132 Å². The summed E-state index contributed by atoms with van der Waals surface area (Å²) in [6, 6.07) is 24.8. The molecule has 0 saturated carbocycles. The summed E-state index contributed by atoms with van der Waals surface area (Å²) < 4.78 is 21.2. The molecule has 0 aliphatic rings. The third-order valence-corrected chi connectivity index (χ3v) is 13.8. The standard InChI is InChI=1S/C35H41BrN8O3Si/c1-7-14-25(23-47-48(35(2,3)4,26-15-10-8-11-16-26)27-17-12-9-13-18-27)38-33-32-29(39-34(40-33)41-43-37)22-44(42-32)21-28-30(45-5)19-24(36)20-31(28)46-6/h8-13,15-20,22,25H,7,14,21,23H2,1-6H3,(H,38,39,40)/t25-/m0/s1. The Kier molecular flexibility index (Phi) is 11.1. The Morgan fingerprint density at radius 2 is 1.58 bits per heavy atom. The molecule has 48 heavy (non-hydrogen) atoms. The van der Waals surface area contributed by atoms with Gasteiger partial charge in [-0.15, -0.1) is 0 Å². The summed E-state index contributed by atoms with van der Waals surface area (Å²) in [6.07, 6.45) is 3.53. The number of azide groups is 1. The highest BCUT2D eigenvalue weighted by atomic mass is 79.9. The average molecular weight is 730 g/mol. The largest absolute Gasteiger partial charge is 0.496 e. The Morgan fingerprint density at radius 1 is 0.979 bits per heavy atom. The van der Waals surface area contributed by atoms with E-state index < -0.39 is 8.32 Å². The quantitative estimate of drug-likeness (QED) is 0.0535. The Hall–Kier alpha value is -4.42. The van der Waals surface area contributed by atoms with Crippen LogP contribution in [-0.4, -0.2) is 54.9 Å². The van der Waals surface area contributed by atoms with E-state index in [1.165, 1.54) is 10.4 Å². The molecule has 3 aromatic carbocycles. The van der Waals surface area contributed by atoms with Gasteiger partial charge in [-0.25, -0.2) is 9.97 Å². The van der Waals surface area contributed by atoms with Gasteiger partial charge in [0.05, 0.1) is 39.1 Å². The van der Waals surface area contributed by atoms with Gasteiger partial charge in [-0.3, -0.25) is 4.68 Å². The van der Waals surface area contributed by atoms with Crippen molar-refractivity contribution in [2.45, 2.75) is 58.2 Å². The summed E-state index contributed by atoms with van der Waals surface area (Å²) in [5, 5.41) is 14.5. The lowest BCUT2D eigenvalue weighted by Crippen LogP contribution is -2.67. The van der Waals surface area contributed by atoms with Crippen LogP contribution in [0.2, 0.25) is 5.04 Å². The van der Waals surface area contributed by atoms with Crippen LogP contribution in [0.3, 0.4) is 0 Å². The van der Waals surface area contributed by atoms with Crippen LogP contribution in [0, 0.1) is 0 Å². The third kappa shape index (κ3) is 7.34. The number of halogens is 1. The number of methoxy groups -OCH3 is 2. The van der Waals surface area contributed by atoms with Crippen LogP contribution in [0.15, 0.2) is 88.6 Å². The van der Waals surface area contributed by atoms with Crippen LogP contribution in [0.5, 0.6) is 11.5 Å². The van der Waals surface area contributed by atoms with E-state index in [1.807, 2.05) is 24.3 Å². The number of fused-ring (bicyclic) bond motifs is 1. The van der Waals surface area contributed by atoms with E-state index in [0.717, 1.165) is 22.9 Å². The summed E-state index contributed by atoms with van der Waals surface area (Å²) >= 11 is 3.52. The summed E-state index contributed by atoms with van der Waals surface area (Å²) in [5.74, 6) is 1.79. The zero-order chi connectivity index (χ0) is 34.3. The maximum Gasteiger partial charge on any atom is 0.261 e. The third-order valence-electron chi connectivity index (χ3n) is 8.32. The maximum atomic E-state index is 9.24. The van der Waals surface area contributed by atoms with Crippen LogP contribution < -0.4 is 25.2 Å². The monoisotopic (exact) mass is 728 g/mol. The number of benzene rings is 3. The fourth-order valence-electron chi connectivity index (χ4n) is 6.21. The fourth-order valence-corrected chi connectivity index (χ4v) is 11.2. The highest BCUT2D eigenvalue weighted by Gasteiger charge is 2.50. The first-order valence-corrected chi connectivity index (χ1v) is 18.6. The highest BCUT2D eigenvalue weighted by Crippen LogP contribution is 2.37. The second-order valence-corrected chi connectivity index (χ2v) is 17.7. The van der Waals surface area contributed by atoms with E-state index >= 15 is 0 Å². The molecule has 0 aliphatic carbocycles. The van der Waals surface area contributed by atoms with E-state index in [9.17, 15) is 5.53 Å². The number of hydrogen-bond donors (Lipinski definition) is 1. The van der Waals surface area contributed by atoms with Gasteiger partial charge in [-0.2, -0.15) is 5.10 Å². The SMILES string of the molecule is CCC[C@@H](CO[Si](c1ccccc1)(c1ccccc1)C(C)(C)C)Nc1nc(N=[N+]=[N-])nc2cn(Cc3c(OC)cc(Br)cc3OC)nc12. The summed E-state index contributed by atoms with van der Waals surface area (Å²) in [7, 11) is 0.452. The Morgan fingerprint density at radius 3 is 2.10 bits per heavy atom. The van der Waals surface area contributed by atoms with Crippen molar-refractivity contribution >= 4 is 57.4 Å². The molecular weight excluding hydrogens is 688 g/mol. The van der Waals surface area contributed by atoms with Gasteiger partial charge in [-0.05, 0) is 44.6 Å². The molecule has 0 unspecified atom stereocenters. The lowest BCUT2D eigenvalue weighted by atomic mass is 10.1. The van der Waals surface area contributed by atoms with Crippen molar-refractivity contribution in [3.63, 3.8) is 0 Å². The molecule has 0 saturated heterocycles. The van der Waals surface area contributed by atoms with Gasteiger partial charge in [0.2, 0.25) is 5.95 Å². The molecule has 5 rings (SSSR count). The number of nitrogens with one attached hydrogen (secondary N) is 1. The predicted molar refractivity (Wildman–Crippen MR) is 196 cm³/mol. The van der Waals surface area contributed by atoms with Crippen LogP contribution >= 0.6 is 15.9 Å². The van der Waals surface area contributed by atoms with Crippen LogP contribution in [0.1, 0.15) is 46.1 Å². The van der Waals surface area contributed by atoms with Crippen molar-refractivity contribution in [2.75, 3.05) is 26.1 Å². The zero-order valence-corrected chi connectivity index (χ0v) is 30.7. The molecule has 1 N–H and O–H groups in total. The molecule has 13 heteroatoms. The van der Waals surface area contributed by atoms with Crippen molar-refractivity contribution in [3.8, 4) is 11.5 Å². The van der Waals surface area contributed by atoms with E-state index in [2.05, 4.69) is 117 Å². The number of rotatable bonds is 14. The van der Waals surface area contributed by atoms with Crippen LogP contribution in [0.25, 0.3) is 21.5 Å². The second kappa shape index (κ2) is 15.2. The Labute approximate surface area is 290 Å². The maximum absolute atomic E-state index is 9.24. The number of ether oxygens (including phenoxy) is 2. The first kappa shape index (κ1) is 34.9. The first-order valence-electron chi connectivity index (χ1n) is 15.9. The zero-order valence-electron chi connectivity index (χ0n) is 28.1. The average Bonchev–Trinajstić information content (AvgIpc) is 3.49. The van der Waals surface area contributed by atoms with Crippen molar-refractivity contribution in [1.82, 2.24) is 19.7 Å². The molecule has 2 heterocycles. The van der Waals surface area contributed by atoms with Gasteiger partial charge in [0, 0.05) is 15.4 Å². The normalized spacial score (nSPS) is 12.4. The molecule has 0 aliphatic heterocycles. The van der Waals surface area contributed by atoms with Gasteiger partial charge in [0.15, 0.2) is 11.3 Å². The van der Waals surface area contributed by atoms with Crippen molar-refractivity contribution < 1.29 is 13.9 Å². The molecule has 0 fully saturated rings. The highest BCUT2D eigenvalue weighted by molar-refractivity contribution is 9.10. The summed E-state index contributed by atoms with van der Waals surface area (Å²) in [6.45, 7) is 9.72. The first-order chi connectivity index (χ1) is 23.1. The van der Waals surface area contributed by atoms with E-state index in [1.54, 1.807) is 25.1 Å². The molecule has 0 radical (unpaired) electrons. The van der Waals surface area contributed by atoms with Gasteiger partial charge in [0.25, 0.3) is 8.32 Å². The van der Waals surface area contributed by atoms with Gasteiger partial charge in [0.1, 0.15) is 17.0 Å². The Balaban J connectivity index is 1.53.